The Morgan fingerprint density at radius 1 is 1.17 bits per heavy atom. The Morgan fingerprint density at radius 3 is 2.58 bits per heavy atom. The molecule has 0 radical (unpaired) electrons. The largest absolute Gasteiger partial charge is 0.481 e. The molecule has 1 aliphatic rings. The Kier molecular flexibility index (Phi) is 10.5. The topological polar surface area (TPSA) is 74.7 Å². The molecule has 1 unspecified atom stereocenters. The van der Waals surface area contributed by atoms with E-state index in [1.54, 1.807) is 17.8 Å². The maximum atomic E-state index is 12.0. The van der Waals surface area contributed by atoms with Crippen LogP contribution in [0.15, 0.2) is 12.2 Å². The minimum Gasteiger partial charge on any atom is -0.481 e. The quantitative estimate of drug-likeness (QED) is 0.403. The Bertz CT molecular complexity index is 450. The van der Waals surface area contributed by atoms with E-state index in [4.69, 9.17) is 5.11 Å². The van der Waals surface area contributed by atoms with Gasteiger partial charge in [0.05, 0.1) is 11.1 Å². The van der Waals surface area contributed by atoms with E-state index in [0.29, 0.717) is 25.1 Å². The summed E-state index contributed by atoms with van der Waals surface area (Å²) in [7, 11) is 0. The van der Waals surface area contributed by atoms with Gasteiger partial charge in [-0.15, -0.1) is 11.8 Å². The van der Waals surface area contributed by atoms with E-state index in [-0.39, 0.29) is 23.5 Å². The third-order valence-corrected chi connectivity index (χ3v) is 5.18. The van der Waals surface area contributed by atoms with Gasteiger partial charge in [0.15, 0.2) is 5.78 Å². The van der Waals surface area contributed by atoms with Crippen molar-refractivity contribution in [3.8, 4) is 0 Å². The van der Waals surface area contributed by atoms with Gasteiger partial charge in [-0.1, -0.05) is 32.6 Å². The summed E-state index contributed by atoms with van der Waals surface area (Å²) < 4.78 is 0. The standard InChI is InChI=1S/C18H29NO4S/c1-2-3-6-9-15(20)11-12-17-19(16(21)14-24-17)13-8-5-4-7-10-18(22)23/h11-12,17H,2-10,13-14H2,1H3,(H,22,23)/b12-11+. The molecule has 0 aromatic heterocycles. The highest BCUT2D eigenvalue weighted by Gasteiger charge is 2.29. The number of carboxylic acid groups (broad SMARTS) is 1. The molecule has 0 bridgehead atoms. The van der Waals surface area contributed by atoms with Crippen molar-refractivity contribution in [1.82, 2.24) is 4.90 Å². The molecular formula is C18H29NO4S. The SMILES string of the molecule is CCCCCC(=O)/C=C/C1SCC(=O)N1CCCCCCC(=O)O. The minimum atomic E-state index is -0.755. The Balaban J connectivity index is 2.29. The second kappa shape index (κ2) is 12.1. The molecule has 136 valence electrons. The van der Waals surface area contributed by atoms with Crippen molar-refractivity contribution in [2.24, 2.45) is 0 Å². The number of aliphatic carboxylic acids is 1. The molecule has 1 saturated heterocycles. The number of nitrogens with zero attached hydrogens (tertiary/aromatic N) is 1. The Morgan fingerprint density at radius 2 is 1.88 bits per heavy atom. The summed E-state index contributed by atoms with van der Waals surface area (Å²) in [5.41, 5.74) is 0. The average molecular weight is 356 g/mol. The molecule has 1 heterocycles. The van der Waals surface area contributed by atoms with E-state index in [9.17, 15) is 14.4 Å². The zero-order valence-electron chi connectivity index (χ0n) is 14.5. The highest BCUT2D eigenvalue weighted by atomic mass is 32.2. The van der Waals surface area contributed by atoms with Crippen LogP contribution in [0.4, 0.5) is 0 Å². The maximum absolute atomic E-state index is 12.0. The molecule has 0 spiro atoms. The number of thioether (sulfide) groups is 1. The molecular weight excluding hydrogens is 326 g/mol. The fourth-order valence-corrected chi connectivity index (χ4v) is 3.69. The van der Waals surface area contributed by atoms with Crippen LogP contribution >= 0.6 is 11.8 Å². The summed E-state index contributed by atoms with van der Waals surface area (Å²) in [6.07, 6.45) is 10.7. The fraction of sp³-hybridized carbons (Fsp3) is 0.722. The predicted octanol–water partition coefficient (Wildman–Crippen LogP) is 3.63. The fourth-order valence-electron chi connectivity index (χ4n) is 2.62. The van der Waals surface area contributed by atoms with Crippen molar-refractivity contribution in [3.63, 3.8) is 0 Å². The number of ketones is 1. The van der Waals surface area contributed by atoms with Gasteiger partial charge in [0.2, 0.25) is 5.91 Å². The first-order valence-electron chi connectivity index (χ1n) is 8.88. The van der Waals surface area contributed by atoms with Gasteiger partial charge in [0.25, 0.3) is 0 Å². The van der Waals surface area contributed by atoms with E-state index < -0.39 is 5.97 Å². The summed E-state index contributed by atoms with van der Waals surface area (Å²) in [6.45, 7) is 2.79. The number of hydrogen-bond acceptors (Lipinski definition) is 4. The number of allylic oxidation sites excluding steroid dienone is 1. The number of amides is 1. The molecule has 1 rings (SSSR count). The van der Waals surface area contributed by atoms with Crippen LogP contribution in [0.3, 0.4) is 0 Å². The maximum Gasteiger partial charge on any atom is 0.303 e. The van der Waals surface area contributed by atoms with Crippen LogP contribution < -0.4 is 0 Å². The zero-order chi connectivity index (χ0) is 17.8. The number of rotatable bonds is 13. The monoisotopic (exact) mass is 355 g/mol. The lowest BCUT2D eigenvalue weighted by Crippen LogP contribution is -2.32. The lowest BCUT2D eigenvalue weighted by molar-refractivity contribution is -0.137. The summed E-state index contributed by atoms with van der Waals surface area (Å²) >= 11 is 1.56. The van der Waals surface area contributed by atoms with Crippen LogP contribution in [0, 0.1) is 0 Å². The van der Waals surface area contributed by atoms with Gasteiger partial charge in [-0.25, -0.2) is 0 Å². The summed E-state index contributed by atoms with van der Waals surface area (Å²) in [6, 6.07) is 0. The molecule has 1 amide bonds. The molecule has 1 N–H and O–H groups in total. The first-order chi connectivity index (χ1) is 11.5. The van der Waals surface area contributed by atoms with Crippen molar-refractivity contribution in [1.29, 1.82) is 0 Å². The predicted molar refractivity (Wildman–Crippen MR) is 97.0 cm³/mol. The molecule has 24 heavy (non-hydrogen) atoms. The first kappa shape index (κ1) is 20.7. The highest BCUT2D eigenvalue weighted by Crippen LogP contribution is 2.26. The van der Waals surface area contributed by atoms with Crippen LogP contribution in [0.25, 0.3) is 0 Å². The number of carbonyl (C=O) groups is 3. The smallest absolute Gasteiger partial charge is 0.303 e. The van der Waals surface area contributed by atoms with E-state index in [1.165, 1.54) is 0 Å². The van der Waals surface area contributed by atoms with Gasteiger partial charge in [0.1, 0.15) is 0 Å². The third kappa shape index (κ3) is 8.52. The van der Waals surface area contributed by atoms with Gasteiger partial charge in [-0.05, 0) is 31.4 Å². The molecule has 0 saturated carbocycles. The van der Waals surface area contributed by atoms with Crippen LogP contribution in [0.1, 0.15) is 64.7 Å². The molecule has 5 nitrogen and oxygen atoms in total. The number of carboxylic acids is 1. The summed E-state index contributed by atoms with van der Waals surface area (Å²) in [5.74, 6) is -0.0246. The van der Waals surface area contributed by atoms with Crippen LogP contribution in [0.5, 0.6) is 0 Å². The Hall–Kier alpha value is -1.30. The molecule has 0 aromatic carbocycles. The third-order valence-electron chi connectivity index (χ3n) is 4.02. The van der Waals surface area contributed by atoms with Crippen molar-refractivity contribution < 1.29 is 19.5 Å². The normalized spacial score (nSPS) is 17.8. The summed E-state index contributed by atoms with van der Waals surface area (Å²) in [5, 5.41) is 8.56. The van der Waals surface area contributed by atoms with Crippen molar-refractivity contribution in [2.45, 2.75) is 70.1 Å². The second-order valence-electron chi connectivity index (χ2n) is 6.13. The van der Waals surface area contributed by atoms with E-state index in [0.717, 1.165) is 38.5 Å². The van der Waals surface area contributed by atoms with E-state index >= 15 is 0 Å². The van der Waals surface area contributed by atoms with Gasteiger partial charge in [-0.2, -0.15) is 0 Å². The van der Waals surface area contributed by atoms with E-state index in [2.05, 4.69) is 6.92 Å². The Labute approximate surface area is 148 Å². The van der Waals surface area contributed by atoms with Gasteiger partial charge >= 0.3 is 5.97 Å². The molecule has 1 aliphatic heterocycles. The molecule has 0 aliphatic carbocycles. The van der Waals surface area contributed by atoms with Crippen molar-refractivity contribution in [3.05, 3.63) is 12.2 Å². The lowest BCUT2D eigenvalue weighted by atomic mass is 10.1. The summed E-state index contributed by atoms with van der Waals surface area (Å²) in [4.78, 5) is 36.0. The molecule has 0 aromatic rings. The van der Waals surface area contributed by atoms with Gasteiger partial charge in [0, 0.05) is 19.4 Å². The molecule has 1 atom stereocenters. The second-order valence-corrected chi connectivity index (χ2v) is 7.23. The van der Waals surface area contributed by atoms with Crippen LogP contribution in [-0.4, -0.2) is 45.3 Å². The number of carbonyl (C=O) groups excluding carboxylic acids is 2. The molecule has 1 fully saturated rings. The van der Waals surface area contributed by atoms with Gasteiger partial charge in [-0.3, -0.25) is 14.4 Å². The number of hydrogen-bond donors (Lipinski definition) is 1. The van der Waals surface area contributed by atoms with Crippen molar-refractivity contribution in [2.75, 3.05) is 12.3 Å². The lowest BCUT2D eigenvalue weighted by Gasteiger charge is -2.21. The average Bonchev–Trinajstić information content (AvgIpc) is 2.89. The minimum absolute atomic E-state index is 0.0355. The van der Waals surface area contributed by atoms with Gasteiger partial charge < -0.3 is 10.0 Å². The number of unbranched alkanes of at least 4 members (excludes halogenated alkanes) is 5. The van der Waals surface area contributed by atoms with E-state index in [1.807, 2.05) is 11.0 Å². The van der Waals surface area contributed by atoms with Crippen LogP contribution in [-0.2, 0) is 14.4 Å². The highest BCUT2D eigenvalue weighted by molar-refractivity contribution is 8.01. The van der Waals surface area contributed by atoms with Crippen molar-refractivity contribution >= 4 is 29.4 Å². The van der Waals surface area contributed by atoms with Crippen LogP contribution in [0.2, 0.25) is 0 Å². The zero-order valence-corrected chi connectivity index (χ0v) is 15.4. The first-order valence-corrected chi connectivity index (χ1v) is 9.93. The molecule has 6 heteroatoms.